The summed E-state index contributed by atoms with van der Waals surface area (Å²) in [6.45, 7) is 3.39. The van der Waals surface area contributed by atoms with E-state index in [1.54, 1.807) is 13.0 Å². The van der Waals surface area contributed by atoms with Gasteiger partial charge in [-0.2, -0.15) is 0 Å². The standard InChI is InChI=1S/C11H16FNO/c1-8-4-3-5-10(12)9(8)6-11(2,13)7-14/h3-5,14H,6-7,13H2,1-2H3. The zero-order chi connectivity index (χ0) is 10.8. The lowest BCUT2D eigenvalue weighted by Crippen LogP contribution is -2.42. The average Bonchev–Trinajstić information content (AvgIpc) is 2.12. The molecule has 0 aromatic heterocycles. The van der Waals surface area contributed by atoms with Crippen LogP contribution in [0.2, 0.25) is 0 Å². The summed E-state index contributed by atoms with van der Waals surface area (Å²) in [7, 11) is 0. The van der Waals surface area contributed by atoms with Crippen molar-refractivity contribution in [3.63, 3.8) is 0 Å². The number of aliphatic hydroxyl groups excluding tert-OH is 1. The van der Waals surface area contributed by atoms with Gasteiger partial charge in [-0.1, -0.05) is 12.1 Å². The van der Waals surface area contributed by atoms with E-state index in [0.29, 0.717) is 12.0 Å². The Morgan fingerprint density at radius 1 is 1.50 bits per heavy atom. The number of hydrogen-bond donors (Lipinski definition) is 2. The highest BCUT2D eigenvalue weighted by molar-refractivity contribution is 5.29. The molecule has 3 heteroatoms. The van der Waals surface area contributed by atoms with Crippen molar-refractivity contribution in [1.29, 1.82) is 0 Å². The molecule has 1 aromatic rings. The van der Waals surface area contributed by atoms with Gasteiger partial charge in [0.25, 0.3) is 0 Å². The van der Waals surface area contributed by atoms with Crippen LogP contribution in [0, 0.1) is 12.7 Å². The fourth-order valence-electron chi connectivity index (χ4n) is 1.35. The molecule has 0 amide bonds. The molecule has 0 aliphatic heterocycles. The second-order valence-corrected chi connectivity index (χ2v) is 4.02. The Morgan fingerprint density at radius 2 is 2.14 bits per heavy atom. The molecular weight excluding hydrogens is 181 g/mol. The average molecular weight is 197 g/mol. The molecule has 0 aliphatic carbocycles. The molecule has 1 atom stereocenters. The Labute approximate surface area is 83.6 Å². The number of nitrogens with two attached hydrogens (primary N) is 1. The quantitative estimate of drug-likeness (QED) is 0.769. The maximum absolute atomic E-state index is 13.4. The largest absolute Gasteiger partial charge is 0.394 e. The predicted molar refractivity (Wildman–Crippen MR) is 54.5 cm³/mol. The first kappa shape index (κ1) is 11.1. The highest BCUT2D eigenvalue weighted by atomic mass is 19.1. The van der Waals surface area contributed by atoms with Crippen LogP contribution in [0.1, 0.15) is 18.1 Å². The number of benzene rings is 1. The minimum Gasteiger partial charge on any atom is -0.394 e. The van der Waals surface area contributed by atoms with Gasteiger partial charge >= 0.3 is 0 Å². The Balaban J connectivity index is 2.97. The van der Waals surface area contributed by atoms with Gasteiger partial charge in [0, 0.05) is 5.54 Å². The molecule has 1 unspecified atom stereocenters. The minimum atomic E-state index is -0.757. The van der Waals surface area contributed by atoms with Crippen molar-refractivity contribution in [3.8, 4) is 0 Å². The Hall–Kier alpha value is -0.930. The summed E-state index contributed by atoms with van der Waals surface area (Å²) in [5, 5.41) is 8.99. The van der Waals surface area contributed by atoms with E-state index in [1.165, 1.54) is 6.07 Å². The maximum Gasteiger partial charge on any atom is 0.126 e. The highest BCUT2D eigenvalue weighted by Gasteiger charge is 2.20. The van der Waals surface area contributed by atoms with Crippen LogP contribution in [0.4, 0.5) is 4.39 Å². The van der Waals surface area contributed by atoms with Gasteiger partial charge in [-0.3, -0.25) is 0 Å². The summed E-state index contributed by atoms with van der Waals surface area (Å²) < 4.78 is 13.4. The van der Waals surface area contributed by atoms with E-state index in [9.17, 15) is 4.39 Å². The third-order valence-corrected chi connectivity index (χ3v) is 2.29. The summed E-state index contributed by atoms with van der Waals surface area (Å²) >= 11 is 0. The summed E-state index contributed by atoms with van der Waals surface area (Å²) in [6, 6.07) is 4.92. The second kappa shape index (κ2) is 4.07. The fraction of sp³-hybridized carbons (Fsp3) is 0.455. The molecule has 0 bridgehead atoms. The third-order valence-electron chi connectivity index (χ3n) is 2.29. The molecule has 2 nitrogen and oxygen atoms in total. The van der Waals surface area contributed by atoms with Crippen molar-refractivity contribution in [2.75, 3.05) is 6.61 Å². The summed E-state index contributed by atoms with van der Waals surface area (Å²) in [4.78, 5) is 0. The van der Waals surface area contributed by atoms with Crippen LogP contribution in [-0.4, -0.2) is 17.3 Å². The van der Waals surface area contributed by atoms with Crippen LogP contribution in [-0.2, 0) is 6.42 Å². The Bertz CT molecular complexity index is 303. The smallest absolute Gasteiger partial charge is 0.126 e. The molecule has 0 radical (unpaired) electrons. The molecule has 1 rings (SSSR count). The normalized spacial score (nSPS) is 15.2. The summed E-state index contributed by atoms with van der Waals surface area (Å²) in [6.07, 6.45) is 0.349. The molecule has 3 N–H and O–H groups in total. The van der Waals surface area contributed by atoms with Crippen molar-refractivity contribution in [3.05, 3.63) is 35.1 Å². The lowest BCUT2D eigenvalue weighted by molar-refractivity contribution is 0.207. The highest BCUT2D eigenvalue weighted by Crippen LogP contribution is 2.17. The van der Waals surface area contributed by atoms with Gasteiger partial charge in [-0.25, -0.2) is 4.39 Å². The molecular formula is C11H16FNO. The van der Waals surface area contributed by atoms with Gasteiger partial charge in [0.05, 0.1) is 6.61 Å². The van der Waals surface area contributed by atoms with Gasteiger partial charge in [0.15, 0.2) is 0 Å². The van der Waals surface area contributed by atoms with Gasteiger partial charge in [-0.05, 0) is 37.5 Å². The van der Waals surface area contributed by atoms with Gasteiger partial charge < -0.3 is 10.8 Å². The first-order valence-electron chi connectivity index (χ1n) is 4.60. The van der Waals surface area contributed by atoms with E-state index in [4.69, 9.17) is 10.8 Å². The zero-order valence-corrected chi connectivity index (χ0v) is 8.55. The molecule has 0 spiro atoms. The van der Waals surface area contributed by atoms with E-state index in [1.807, 2.05) is 13.0 Å². The van der Waals surface area contributed by atoms with E-state index < -0.39 is 5.54 Å². The van der Waals surface area contributed by atoms with Crippen LogP contribution in [0.25, 0.3) is 0 Å². The number of aryl methyl sites for hydroxylation is 1. The van der Waals surface area contributed by atoms with E-state index in [0.717, 1.165) is 5.56 Å². The molecule has 78 valence electrons. The van der Waals surface area contributed by atoms with Crippen molar-refractivity contribution in [1.82, 2.24) is 0 Å². The number of halogens is 1. The summed E-state index contributed by atoms with van der Waals surface area (Å²) in [5.41, 5.74) is 6.47. The van der Waals surface area contributed by atoms with Crippen molar-refractivity contribution >= 4 is 0 Å². The van der Waals surface area contributed by atoms with Crippen LogP contribution in [0.15, 0.2) is 18.2 Å². The maximum atomic E-state index is 13.4. The third kappa shape index (κ3) is 2.53. The topological polar surface area (TPSA) is 46.2 Å². The van der Waals surface area contributed by atoms with Gasteiger partial charge in [0.2, 0.25) is 0 Å². The molecule has 14 heavy (non-hydrogen) atoms. The van der Waals surface area contributed by atoms with Gasteiger partial charge in [-0.15, -0.1) is 0 Å². The number of rotatable bonds is 3. The first-order chi connectivity index (χ1) is 6.46. The van der Waals surface area contributed by atoms with Crippen LogP contribution < -0.4 is 5.73 Å². The lowest BCUT2D eigenvalue weighted by Gasteiger charge is -2.22. The Morgan fingerprint density at radius 3 is 2.64 bits per heavy atom. The van der Waals surface area contributed by atoms with E-state index in [2.05, 4.69) is 0 Å². The molecule has 0 fully saturated rings. The number of aliphatic hydroxyl groups is 1. The van der Waals surface area contributed by atoms with Gasteiger partial charge in [0.1, 0.15) is 5.82 Å². The molecule has 0 saturated carbocycles. The zero-order valence-electron chi connectivity index (χ0n) is 8.55. The first-order valence-corrected chi connectivity index (χ1v) is 4.60. The number of hydrogen-bond acceptors (Lipinski definition) is 2. The van der Waals surface area contributed by atoms with E-state index >= 15 is 0 Å². The minimum absolute atomic E-state index is 0.152. The molecule has 0 aliphatic rings. The van der Waals surface area contributed by atoms with Crippen LogP contribution in [0.5, 0.6) is 0 Å². The summed E-state index contributed by atoms with van der Waals surface area (Å²) in [5.74, 6) is -0.255. The lowest BCUT2D eigenvalue weighted by atomic mass is 9.92. The van der Waals surface area contributed by atoms with Crippen molar-refractivity contribution in [2.24, 2.45) is 5.73 Å². The Kier molecular flexibility index (Phi) is 3.24. The molecule has 0 heterocycles. The van der Waals surface area contributed by atoms with Crippen molar-refractivity contribution in [2.45, 2.75) is 25.8 Å². The SMILES string of the molecule is Cc1cccc(F)c1CC(C)(N)CO. The molecule has 0 saturated heterocycles. The van der Waals surface area contributed by atoms with Crippen LogP contribution in [0.3, 0.4) is 0 Å². The fourth-order valence-corrected chi connectivity index (χ4v) is 1.35. The van der Waals surface area contributed by atoms with E-state index in [-0.39, 0.29) is 12.4 Å². The van der Waals surface area contributed by atoms with Crippen molar-refractivity contribution < 1.29 is 9.50 Å². The second-order valence-electron chi connectivity index (χ2n) is 4.02. The predicted octanol–water partition coefficient (Wildman–Crippen LogP) is 1.39. The monoisotopic (exact) mass is 197 g/mol. The molecule has 1 aromatic carbocycles. The van der Waals surface area contributed by atoms with Crippen LogP contribution >= 0.6 is 0 Å².